The molecule has 2 saturated heterocycles. The number of likely N-dealkylation sites (N-methyl/N-ethyl adjacent to an activating group) is 2. The number of aromatic nitrogens is 4. The summed E-state index contributed by atoms with van der Waals surface area (Å²) < 4.78 is 63.8. The third-order valence-corrected chi connectivity index (χ3v) is 12.0. The smallest absolute Gasteiger partial charge is 0.411 e. The molecule has 0 saturated carbocycles. The number of alkyl halides is 3. The molecule has 0 unspecified atom stereocenters. The van der Waals surface area contributed by atoms with E-state index in [9.17, 15) is 36.7 Å². The Bertz CT molecular complexity index is 2970. The fourth-order valence-corrected chi connectivity index (χ4v) is 8.15. The summed E-state index contributed by atoms with van der Waals surface area (Å²) >= 11 is 15.0. The number of nitrogens with one attached hydrogen (secondary N) is 1. The Hall–Kier alpha value is -6.43. The molecule has 0 atom stereocenters. The Morgan fingerprint density at radius 2 is 1.09 bits per heavy atom. The average Bonchev–Trinajstić information content (AvgIpc) is 3.36. The van der Waals surface area contributed by atoms with E-state index in [1.54, 1.807) is 42.5 Å². The van der Waals surface area contributed by atoms with Crippen LogP contribution in [-0.2, 0) is 27.4 Å². The van der Waals surface area contributed by atoms with Crippen LogP contribution in [-0.4, -0.2) is 153 Å². The van der Waals surface area contributed by atoms with Crippen LogP contribution in [0.25, 0.3) is 22.5 Å². The highest BCUT2D eigenvalue weighted by atomic mass is 35.6. The molecule has 2 aliphatic rings. The Morgan fingerprint density at radius 3 is 1.51 bits per heavy atom. The van der Waals surface area contributed by atoms with Crippen molar-refractivity contribution in [3.8, 4) is 22.5 Å². The first-order chi connectivity index (χ1) is 37.1. The van der Waals surface area contributed by atoms with Gasteiger partial charge < -0.3 is 39.9 Å². The molecule has 24 heteroatoms. The highest BCUT2D eigenvalue weighted by Crippen LogP contribution is 2.27. The number of aliphatic hydroxyl groups is 1. The van der Waals surface area contributed by atoms with Crippen molar-refractivity contribution in [2.24, 2.45) is 0 Å². The molecule has 78 heavy (non-hydrogen) atoms. The minimum absolute atomic E-state index is 0.111. The number of amides is 1. The van der Waals surface area contributed by atoms with Crippen LogP contribution < -0.4 is 22.2 Å². The predicted molar refractivity (Wildman–Crippen MR) is 294 cm³/mol. The number of hydrogen-bond acceptors (Lipinski definition) is 14. The Balaban J connectivity index is 0.000000225. The summed E-state index contributed by atoms with van der Waals surface area (Å²) in [4.78, 5) is 55.9. The van der Waals surface area contributed by atoms with Crippen molar-refractivity contribution in [1.29, 1.82) is 0 Å². The molecular formula is C54H63Cl3F4N10O7. The largest absolute Gasteiger partial charge is 0.449 e. The highest BCUT2D eigenvalue weighted by Gasteiger charge is 2.22. The number of aliphatic hydroxyl groups excluding tert-OH is 1. The van der Waals surface area contributed by atoms with Crippen molar-refractivity contribution in [3.63, 3.8) is 0 Å². The SMILES string of the molecule is CC(=O)OC(Cl)(Cl)Cl.CN1CCN(CCCO)CC1.CN1CCN(CCCOC(=O)Nc2cccc(Cn3nc(-c4cc(F)cc(F)c4)ccc3=O)c2)CC1.Nc1cccc(Cn2nc(-c3cc(F)cc(F)c3)ccc2=O)c1. The maximum Gasteiger partial charge on any atom is 0.411 e. The van der Waals surface area contributed by atoms with Gasteiger partial charge in [-0.25, -0.2) is 31.7 Å². The highest BCUT2D eigenvalue weighted by molar-refractivity contribution is 6.66. The minimum atomic E-state index is -1.91. The maximum atomic E-state index is 13.6. The third-order valence-electron chi connectivity index (χ3n) is 11.8. The molecule has 4 aromatic carbocycles. The third kappa shape index (κ3) is 22.9. The van der Waals surface area contributed by atoms with E-state index in [-0.39, 0.29) is 41.0 Å². The summed E-state index contributed by atoms with van der Waals surface area (Å²) in [5, 5.41) is 19.8. The number of nitrogen functional groups attached to an aromatic ring is 1. The number of anilines is 2. The number of benzene rings is 4. The molecule has 420 valence electrons. The summed E-state index contributed by atoms with van der Waals surface area (Å²) in [6.07, 6.45) is 1.14. The number of piperazine rings is 2. The van der Waals surface area contributed by atoms with Gasteiger partial charge in [-0.05, 0) is 134 Å². The van der Waals surface area contributed by atoms with Crippen LogP contribution in [0.3, 0.4) is 0 Å². The van der Waals surface area contributed by atoms with E-state index < -0.39 is 39.3 Å². The van der Waals surface area contributed by atoms with E-state index in [0.29, 0.717) is 35.8 Å². The molecule has 2 fully saturated rings. The lowest BCUT2D eigenvalue weighted by atomic mass is 10.1. The normalized spacial score (nSPS) is 14.1. The van der Waals surface area contributed by atoms with Crippen LogP contribution >= 0.6 is 34.8 Å². The van der Waals surface area contributed by atoms with Crippen molar-refractivity contribution >= 4 is 58.2 Å². The summed E-state index contributed by atoms with van der Waals surface area (Å²) in [5.74, 6) is -3.47. The van der Waals surface area contributed by atoms with Crippen molar-refractivity contribution in [2.45, 2.75) is 36.8 Å². The Labute approximate surface area is 464 Å². The summed E-state index contributed by atoms with van der Waals surface area (Å²) in [6.45, 7) is 12.9. The molecule has 0 bridgehead atoms. The molecular weight excluding hydrogens is 1080 g/mol. The number of nitrogens with zero attached hydrogens (tertiary/aromatic N) is 8. The molecule has 0 radical (unpaired) electrons. The lowest BCUT2D eigenvalue weighted by Gasteiger charge is -2.32. The maximum absolute atomic E-state index is 13.6. The van der Waals surface area contributed by atoms with E-state index in [1.807, 2.05) is 6.07 Å². The molecule has 0 spiro atoms. The Kier molecular flexibility index (Phi) is 25.0. The molecule has 6 aromatic rings. The van der Waals surface area contributed by atoms with Crippen molar-refractivity contribution in [2.75, 3.05) is 104 Å². The van der Waals surface area contributed by atoms with E-state index in [2.05, 4.69) is 53.9 Å². The number of hydrogen-bond donors (Lipinski definition) is 3. The fourth-order valence-electron chi connectivity index (χ4n) is 7.83. The number of carbonyl (C=O) groups excluding carboxylic acids is 2. The average molecular weight is 1150 g/mol. The van der Waals surface area contributed by atoms with Crippen LogP contribution in [0.2, 0.25) is 0 Å². The number of nitrogens with two attached hydrogens (primary N) is 1. The van der Waals surface area contributed by atoms with E-state index in [0.717, 1.165) is 102 Å². The lowest BCUT2D eigenvalue weighted by Crippen LogP contribution is -2.44. The van der Waals surface area contributed by atoms with E-state index in [1.165, 1.54) is 58.9 Å². The number of halogens is 7. The van der Waals surface area contributed by atoms with Crippen LogP contribution in [0.1, 0.15) is 30.9 Å². The van der Waals surface area contributed by atoms with Gasteiger partial charge in [-0.2, -0.15) is 10.2 Å². The van der Waals surface area contributed by atoms with Gasteiger partial charge in [0, 0.05) is 126 Å². The zero-order chi connectivity index (χ0) is 56.8. The molecule has 0 aliphatic carbocycles. The van der Waals surface area contributed by atoms with Crippen LogP contribution in [0.4, 0.5) is 33.7 Å². The molecule has 4 heterocycles. The summed E-state index contributed by atoms with van der Waals surface area (Å²) in [6, 6.07) is 25.7. The van der Waals surface area contributed by atoms with Crippen molar-refractivity contribution < 1.29 is 41.7 Å². The van der Waals surface area contributed by atoms with Gasteiger partial charge in [0.15, 0.2) is 0 Å². The standard InChI is InChI=1S/C26H29F2N5O3.C17H13F2N3O.C8H18N2O.C3H3Cl3O2/c1-31-9-11-32(12-10-31)8-3-13-36-26(35)29-23-5-2-4-19(14-23)18-33-25(34)7-6-24(30-33)20-15-21(27)17-22(28)16-20;18-13-7-12(8-14(19)9-13)16-4-5-17(23)22(21-16)10-11-2-1-3-15(20)6-11;1-9-4-6-10(7-5-9)3-2-8-11;1-2(7)8-3(4,5)6/h2,4-7,14-17H,3,8-13,18H2,1H3,(H,29,35);1-9H,10,20H2;11H,2-8H2,1H3;1H3. The van der Waals surface area contributed by atoms with Gasteiger partial charge >= 0.3 is 16.0 Å². The van der Waals surface area contributed by atoms with E-state index >= 15 is 0 Å². The Morgan fingerprint density at radius 1 is 0.641 bits per heavy atom. The molecule has 1 amide bonds. The van der Waals surface area contributed by atoms with Gasteiger partial charge in [0.2, 0.25) is 0 Å². The predicted octanol–water partition coefficient (Wildman–Crippen LogP) is 7.74. The molecule has 4 N–H and O–H groups in total. The minimum Gasteiger partial charge on any atom is -0.449 e. The summed E-state index contributed by atoms with van der Waals surface area (Å²) in [7, 11) is 4.27. The van der Waals surface area contributed by atoms with Crippen molar-refractivity contribution in [3.05, 3.63) is 164 Å². The quantitative estimate of drug-likeness (QED) is 0.0315. The molecule has 2 aliphatic heterocycles. The molecule has 17 nitrogen and oxygen atoms in total. The zero-order valence-corrected chi connectivity index (χ0v) is 45.7. The second kappa shape index (κ2) is 31.2. The van der Waals surface area contributed by atoms with Gasteiger partial charge in [-0.3, -0.25) is 19.7 Å². The van der Waals surface area contributed by atoms with Gasteiger partial charge in [-0.1, -0.05) is 24.3 Å². The number of carbonyl (C=O) groups is 2. The number of ether oxygens (including phenoxy) is 2. The van der Waals surface area contributed by atoms with E-state index in [4.69, 9.17) is 50.4 Å². The first-order valence-corrected chi connectivity index (χ1v) is 25.9. The number of esters is 1. The zero-order valence-electron chi connectivity index (χ0n) is 43.4. The van der Waals surface area contributed by atoms with Gasteiger partial charge in [-0.15, -0.1) is 0 Å². The first kappa shape index (κ1) is 62.4. The topological polar surface area (TPSA) is 194 Å². The molecule has 8 rings (SSSR count). The fraction of sp³-hybridized carbons (Fsp3) is 0.370. The van der Waals surface area contributed by atoms with Gasteiger partial charge in [0.1, 0.15) is 23.3 Å². The second-order valence-electron chi connectivity index (χ2n) is 18.2. The van der Waals surface area contributed by atoms with Crippen LogP contribution in [0, 0.1) is 23.3 Å². The van der Waals surface area contributed by atoms with Gasteiger partial charge in [0.25, 0.3) is 11.1 Å². The van der Waals surface area contributed by atoms with Gasteiger partial charge in [0.05, 0.1) is 31.1 Å². The number of rotatable bonds is 14. The summed E-state index contributed by atoms with van der Waals surface area (Å²) in [5.41, 5.74) is 8.73. The monoisotopic (exact) mass is 1140 g/mol. The first-order valence-electron chi connectivity index (χ1n) is 24.8. The molecule has 2 aromatic heterocycles. The van der Waals surface area contributed by atoms with Crippen LogP contribution in [0.5, 0.6) is 0 Å². The second-order valence-corrected chi connectivity index (χ2v) is 20.4. The van der Waals surface area contributed by atoms with Crippen LogP contribution in [0.15, 0.2) is 119 Å². The lowest BCUT2D eigenvalue weighted by molar-refractivity contribution is -0.141. The van der Waals surface area contributed by atoms with Crippen molar-refractivity contribution in [1.82, 2.24) is 39.2 Å².